The molecule has 0 unspecified atom stereocenters. The van der Waals surface area contributed by atoms with Gasteiger partial charge < -0.3 is 24.4 Å². The maximum Gasteiger partial charge on any atom is 0.488 e. The number of methoxy groups -OCH3 is 1. The van der Waals surface area contributed by atoms with E-state index in [1.54, 1.807) is 11.0 Å². The Kier molecular flexibility index (Phi) is 6.10. The van der Waals surface area contributed by atoms with E-state index in [0.29, 0.717) is 30.6 Å². The SMILES string of the molecule is COC(=O)c1ccc(B(O)O)cc1C1=CCN(C(=O)OC(C)(C)C)CC1. The molecule has 0 aliphatic carbocycles. The molecular formula is C18H24BNO6. The van der Waals surface area contributed by atoms with Crippen molar-refractivity contribution >= 4 is 30.2 Å². The lowest BCUT2D eigenvalue weighted by atomic mass is 9.77. The summed E-state index contributed by atoms with van der Waals surface area (Å²) in [7, 11) is -0.344. The van der Waals surface area contributed by atoms with Crippen LogP contribution >= 0.6 is 0 Å². The maximum absolute atomic E-state index is 12.2. The van der Waals surface area contributed by atoms with Gasteiger partial charge in [0, 0.05) is 13.1 Å². The Balaban J connectivity index is 2.27. The van der Waals surface area contributed by atoms with Gasteiger partial charge in [0.2, 0.25) is 0 Å². The van der Waals surface area contributed by atoms with E-state index in [9.17, 15) is 19.6 Å². The molecule has 0 atom stereocenters. The van der Waals surface area contributed by atoms with Crippen LogP contribution in [0.4, 0.5) is 4.79 Å². The van der Waals surface area contributed by atoms with Crippen molar-refractivity contribution in [2.24, 2.45) is 0 Å². The van der Waals surface area contributed by atoms with E-state index in [1.165, 1.54) is 19.2 Å². The van der Waals surface area contributed by atoms with E-state index in [4.69, 9.17) is 9.47 Å². The van der Waals surface area contributed by atoms with Crippen molar-refractivity contribution in [1.82, 2.24) is 4.90 Å². The number of amides is 1. The van der Waals surface area contributed by atoms with Crippen molar-refractivity contribution < 1.29 is 29.1 Å². The van der Waals surface area contributed by atoms with Crippen LogP contribution in [0, 0.1) is 0 Å². The van der Waals surface area contributed by atoms with Gasteiger partial charge in [-0.25, -0.2) is 9.59 Å². The van der Waals surface area contributed by atoms with Crippen molar-refractivity contribution in [3.05, 3.63) is 35.4 Å². The number of carbonyl (C=O) groups is 2. The summed E-state index contributed by atoms with van der Waals surface area (Å²) in [6, 6.07) is 4.54. The summed E-state index contributed by atoms with van der Waals surface area (Å²) in [6.07, 6.45) is 1.96. The first-order chi connectivity index (χ1) is 12.1. The number of benzene rings is 1. The third kappa shape index (κ3) is 4.86. The zero-order valence-corrected chi connectivity index (χ0v) is 15.5. The van der Waals surface area contributed by atoms with Crippen LogP contribution in [0.2, 0.25) is 0 Å². The highest BCUT2D eigenvalue weighted by Crippen LogP contribution is 2.26. The molecule has 1 aliphatic rings. The average molecular weight is 361 g/mol. The average Bonchev–Trinajstić information content (AvgIpc) is 2.59. The predicted molar refractivity (Wildman–Crippen MR) is 98.0 cm³/mol. The molecule has 8 heteroatoms. The zero-order chi connectivity index (χ0) is 19.5. The van der Waals surface area contributed by atoms with Crippen molar-refractivity contribution in [3.8, 4) is 0 Å². The number of ether oxygens (including phenoxy) is 2. The Hall–Kier alpha value is -2.32. The fraction of sp³-hybridized carbons (Fsp3) is 0.444. The van der Waals surface area contributed by atoms with E-state index in [1.807, 2.05) is 26.8 Å². The summed E-state index contributed by atoms with van der Waals surface area (Å²) in [5, 5.41) is 18.8. The molecule has 1 amide bonds. The first-order valence-electron chi connectivity index (χ1n) is 8.38. The smallest absolute Gasteiger partial charge is 0.465 e. The Bertz CT molecular complexity index is 723. The molecule has 1 aromatic rings. The van der Waals surface area contributed by atoms with Crippen molar-refractivity contribution in [2.45, 2.75) is 32.8 Å². The Labute approximate surface area is 153 Å². The lowest BCUT2D eigenvalue weighted by Crippen LogP contribution is -2.39. The highest BCUT2D eigenvalue weighted by molar-refractivity contribution is 6.58. The molecule has 7 nitrogen and oxygen atoms in total. The van der Waals surface area contributed by atoms with Crippen molar-refractivity contribution in [1.29, 1.82) is 0 Å². The summed E-state index contributed by atoms with van der Waals surface area (Å²) < 4.78 is 10.2. The molecule has 140 valence electrons. The van der Waals surface area contributed by atoms with Gasteiger partial charge in [0.15, 0.2) is 0 Å². The molecule has 1 aromatic carbocycles. The second-order valence-electron chi connectivity index (χ2n) is 7.08. The molecule has 0 aromatic heterocycles. The van der Waals surface area contributed by atoms with Gasteiger partial charge in [-0.3, -0.25) is 0 Å². The Morgan fingerprint density at radius 3 is 2.42 bits per heavy atom. The summed E-state index contributed by atoms with van der Waals surface area (Å²) in [5.41, 5.74) is 1.47. The fourth-order valence-electron chi connectivity index (χ4n) is 2.68. The van der Waals surface area contributed by atoms with Crippen LogP contribution in [0.15, 0.2) is 24.3 Å². The van der Waals surface area contributed by atoms with Gasteiger partial charge in [-0.2, -0.15) is 0 Å². The molecule has 1 aliphatic heterocycles. The molecule has 0 fully saturated rings. The maximum atomic E-state index is 12.2. The van der Waals surface area contributed by atoms with Crippen molar-refractivity contribution in [3.63, 3.8) is 0 Å². The third-order valence-electron chi connectivity index (χ3n) is 3.95. The van der Waals surface area contributed by atoms with Gasteiger partial charge in [-0.1, -0.05) is 18.2 Å². The predicted octanol–water partition coefficient (Wildman–Crippen LogP) is 1.18. The molecule has 2 N–H and O–H groups in total. The number of hydrogen-bond donors (Lipinski definition) is 2. The van der Waals surface area contributed by atoms with Crippen LogP contribution < -0.4 is 5.46 Å². The van der Waals surface area contributed by atoms with Gasteiger partial charge >= 0.3 is 19.2 Å². The van der Waals surface area contributed by atoms with E-state index >= 15 is 0 Å². The molecule has 1 heterocycles. The number of hydrogen-bond acceptors (Lipinski definition) is 6. The molecule has 0 radical (unpaired) electrons. The zero-order valence-electron chi connectivity index (χ0n) is 15.5. The highest BCUT2D eigenvalue weighted by Gasteiger charge is 2.26. The van der Waals surface area contributed by atoms with Gasteiger partial charge in [0.05, 0.1) is 12.7 Å². The number of carbonyl (C=O) groups excluding carboxylic acids is 2. The van der Waals surface area contributed by atoms with Gasteiger partial charge in [0.1, 0.15) is 5.60 Å². The molecule has 2 rings (SSSR count). The minimum Gasteiger partial charge on any atom is -0.465 e. The van der Waals surface area contributed by atoms with Crippen LogP contribution in [0.1, 0.15) is 43.1 Å². The monoisotopic (exact) mass is 361 g/mol. The summed E-state index contributed by atoms with van der Waals surface area (Å²) in [5.74, 6) is -0.505. The number of rotatable bonds is 3. The van der Waals surface area contributed by atoms with Crippen LogP contribution in [0.5, 0.6) is 0 Å². The number of esters is 1. The topological polar surface area (TPSA) is 96.3 Å². The molecule has 0 bridgehead atoms. The van der Waals surface area contributed by atoms with E-state index in [2.05, 4.69) is 0 Å². The molecule has 0 saturated carbocycles. The lowest BCUT2D eigenvalue weighted by Gasteiger charge is -2.30. The first-order valence-corrected chi connectivity index (χ1v) is 8.38. The van der Waals surface area contributed by atoms with E-state index < -0.39 is 18.7 Å². The van der Waals surface area contributed by atoms with Crippen molar-refractivity contribution in [2.75, 3.05) is 20.2 Å². The highest BCUT2D eigenvalue weighted by atomic mass is 16.6. The molecular weight excluding hydrogens is 337 g/mol. The molecule has 0 spiro atoms. The molecule has 26 heavy (non-hydrogen) atoms. The molecule has 0 saturated heterocycles. The first kappa shape index (κ1) is 20.0. The number of nitrogens with zero attached hydrogens (tertiary/aromatic N) is 1. The second kappa shape index (κ2) is 7.93. The second-order valence-corrected chi connectivity index (χ2v) is 7.08. The van der Waals surface area contributed by atoms with Gasteiger partial charge in [0.25, 0.3) is 0 Å². The quantitative estimate of drug-likeness (QED) is 0.620. The van der Waals surface area contributed by atoms with Crippen LogP contribution in [-0.2, 0) is 9.47 Å². The summed E-state index contributed by atoms with van der Waals surface area (Å²) >= 11 is 0. The van der Waals surface area contributed by atoms with Crippen LogP contribution in [0.3, 0.4) is 0 Å². The fourth-order valence-corrected chi connectivity index (χ4v) is 2.68. The normalized spacial score (nSPS) is 14.5. The largest absolute Gasteiger partial charge is 0.488 e. The minimum absolute atomic E-state index is 0.281. The minimum atomic E-state index is -1.64. The van der Waals surface area contributed by atoms with E-state index in [0.717, 1.165) is 5.57 Å². The summed E-state index contributed by atoms with van der Waals surface area (Å²) in [6.45, 7) is 6.21. The van der Waals surface area contributed by atoms with E-state index in [-0.39, 0.29) is 11.6 Å². The van der Waals surface area contributed by atoms with Crippen LogP contribution in [-0.4, -0.2) is 59.9 Å². The lowest BCUT2D eigenvalue weighted by molar-refractivity contribution is 0.0270. The van der Waals surface area contributed by atoms with Gasteiger partial charge in [-0.05, 0) is 49.9 Å². The Morgan fingerprint density at radius 2 is 1.92 bits per heavy atom. The standard InChI is InChI=1S/C18H24BNO6/c1-18(2,3)26-17(22)20-9-7-12(8-10-20)15-11-13(19(23)24)5-6-14(15)16(21)25-4/h5-7,11,23-24H,8-10H2,1-4H3. The summed E-state index contributed by atoms with van der Waals surface area (Å²) in [4.78, 5) is 25.8. The third-order valence-corrected chi connectivity index (χ3v) is 3.95. The van der Waals surface area contributed by atoms with Crippen LogP contribution in [0.25, 0.3) is 5.57 Å². The van der Waals surface area contributed by atoms with Gasteiger partial charge in [-0.15, -0.1) is 0 Å². The Morgan fingerprint density at radius 1 is 1.23 bits per heavy atom.